The molecule has 1 spiro atoms. The molecule has 3 aliphatic carbocycles. The first-order chi connectivity index (χ1) is 16.7. The molecule has 5 atom stereocenters. The van der Waals surface area contributed by atoms with Gasteiger partial charge in [0.2, 0.25) is 5.78 Å². The zero-order chi connectivity index (χ0) is 26.2. The van der Waals surface area contributed by atoms with Gasteiger partial charge in [0, 0.05) is 42.1 Å². The van der Waals surface area contributed by atoms with E-state index in [0.717, 1.165) is 11.1 Å². The van der Waals surface area contributed by atoms with Crippen molar-refractivity contribution in [3.05, 3.63) is 40.5 Å². The molecule has 0 unspecified atom stereocenters. The molecule has 36 heavy (non-hydrogen) atoms. The number of Topliss-reactive ketones (excluding diaryl/α,β-unsaturated/α-hetero) is 2. The average molecular weight is 495 g/mol. The highest BCUT2D eigenvalue weighted by molar-refractivity contribution is 6.19. The Morgan fingerprint density at radius 3 is 2.56 bits per heavy atom. The zero-order valence-electron chi connectivity index (χ0n) is 22.2. The summed E-state index contributed by atoms with van der Waals surface area (Å²) < 4.78 is 25.8. The normalized spacial score (nSPS) is 37.9. The number of aromatic hydroxyl groups is 1. The largest absolute Gasteiger partial charge is 0.507 e. The number of phenols is 1. The molecule has 0 amide bonds. The first-order valence-electron chi connectivity index (χ1n) is 12.7. The second-order valence-electron chi connectivity index (χ2n) is 12.4. The fourth-order valence-electron chi connectivity index (χ4n) is 7.37. The molecule has 0 aromatic heterocycles. The van der Waals surface area contributed by atoms with Crippen LogP contribution in [0.1, 0.15) is 77.2 Å². The van der Waals surface area contributed by atoms with Crippen LogP contribution in [0.2, 0.25) is 0 Å². The third-order valence-electron chi connectivity index (χ3n) is 9.49. The van der Waals surface area contributed by atoms with E-state index in [1.165, 1.54) is 13.2 Å². The number of phenolic OH excluding ortho intramolecular Hbond substituents is 1. The van der Waals surface area contributed by atoms with E-state index in [2.05, 4.69) is 0 Å². The Kier molecular flexibility index (Phi) is 4.36. The van der Waals surface area contributed by atoms with Gasteiger partial charge in [0.05, 0.1) is 5.60 Å². The summed E-state index contributed by atoms with van der Waals surface area (Å²) in [7, 11) is 1.50. The lowest BCUT2D eigenvalue weighted by atomic mass is 9.49. The van der Waals surface area contributed by atoms with E-state index < -0.39 is 27.8 Å². The number of hydrogen-bond acceptors (Lipinski definition) is 7. The Morgan fingerprint density at radius 1 is 1.22 bits per heavy atom. The van der Waals surface area contributed by atoms with Gasteiger partial charge >= 0.3 is 0 Å². The maximum Gasteiger partial charge on any atom is 0.205 e. The van der Waals surface area contributed by atoms with Crippen LogP contribution in [-0.4, -0.2) is 52.3 Å². The van der Waals surface area contributed by atoms with Gasteiger partial charge in [-0.3, -0.25) is 9.59 Å². The van der Waals surface area contributed by atoms with Crippen LogP contribution in [0, 0.1) is 5.92 Å². The standard InChI is InChI=1S/C29H34O7/c1-14(2)9-10-28-24(32)27(33-8)12-16-22(31)20-17(30)11-18-21(25(4,5)15(3)34-18)23(20)35-29(16,28)19(13-27)26(6,7)36-28/h9,11-12,15,19,30H,10,13H2,1-8H3/t15-,19-,27-,28-,29+/m0/s1. The molecule has 1 saturated carbocycles. The van der Waals surface area contributed by atoms with Crippen molar-refractivity contribution in [2.75, 3.05) is 7.11 Å². The van der Waals surface area contributed by atoms with Crippen LogP contribution >= 0.6 is 0 Å². The number of methoxy groups -OCH3 is 1. The summed E-state index contributed by atoms with van der Waals surface area (Å²) in [6.07, 6.45) is 4.00. The van der Waals surface area contributed by atoms with Crippen molar-refractivity contribution in [3.63, 3.8) is 0 Å². The van der Waals surface area contributed by atoms with Gasteiger partial charge in [-0.05, 0) is 47.1 Å². The number of ether oxygens (including phenoxy) is 4. The van der Waals surface area contributed by atoms with Gasteiger partial charge in [0.25, 0.3) is 0 Å². The molecule has 1 N–H and O–H groups in total. The van der Waals surface area contributed by atoms with E-state index in [1.54, 1.807) is 6.08 Å². The second kappa shape index (κ2) is 6.62. The lowest BCUT2D eigenvalue weighted by molar-refractivity contribution is -0.190. The van der Waals surface area contributed by atoms with Gasteiger partial charge in [0.15, 0.2) is 17.0 Å². The van der Waals surface area contributed by atoms with Gasteiger partial charge in [-0.25, -0.2) is 0 Å². The van der Waals surface area contributed by atoms with Crippen LogP contribution < -0.4 is 9.47 Å². The van der Waals surface area contributed by atoms with E-state index in [-0.39, 0.29) is 41.3 Å². The van der Waals surface area contributed by atoms with Gasteiger partial charge < -0.3 is 24.1 Å². The zero-order valence-corrected chi connectivity index (χ0v) is 22.2. The molecular weight excluding hydrogens is 460 g/mol. The summed E-state index contributed by atoms with van der Waals surface area (Å²) in [6, 6.07) is 1.51. The second-order valence-corrected chi connectivity index (χ2v) is 12.4. The summed E-state index contributed by atoms with van der Waals surface area (Å²) in [5.74, 6) is -0.319. The number of benzene rings is 1. The third kappa shape index (κ3) is 2.37. The van der Waals surface area contributed by atoms with Crippen molar-refractivity contribution in [3.8, 4) is 17.2 Å². The van der Waals surface area contributed by atoms with Crippen LogP contribution in [0.4, 0.5) is 0 Å². The van der Waals surface area contributed by atoms with E-state index in [1.807, 2.05) is 54.5 Å². The lowest BCUT2D eigenvalue weighted by Crippen LogP contribution is -2.77. The number of ketones is 2. The summed E-state index contributed by atoms with van der Waals surface area (Å²) in [5.41, 5.74) is -3.17. The molecule has 192 valence electrons. The van der Waals surface area contributed by atoms with Crippen LogP contribution in [0.25, 0.3) is 0 Å². The molecule has 0 radical (unpaired) electrons. The highest BCUT2D eigenvalue weighted by atomic mass is 16.6. The number of fused-ring (bicyclic) bond motifs is 3. The fraction of sp³-hybridized carbons (Fsp3) is 0.586. The minimum atomic E-state index is -1.46. The Bertz CT molecular complexity index is 1310. The molecule has 7 rings (SSSR count). The predicted octanol–water partition coefficient (Wildman–Crippen LogP) is 4.58. The van der Waals surface area contributed by atoms with Crippen molar-refractivity contribution in [1.82, 2.24) is 0 Å². The smallest absolute Gasteiger partial charge is 0.205 e. The van der Waals surface area contributed by atoms with E-state index >= 15 is 0 Å². The fourth-order valence-corrected chi connectivity index (χ4v) is 7.37. The van der Waals surface area contributed by atoms with E-state index in [4.69, 9.17) is 18.9 Å². The lowest BCUT2D eigenvalue weighted by Gasteiger charge is -2.59. The molecule has 3 aliphatic heterocycles. The first-order valence-corrected chi connectivity index (χ1v) is 12.7. The molecular formula is C29H34O7. The summed E-state index contributed by atoms with van der Waals surface area (Å²) in [6.45, 7) is 13.9. The van der Waals surface area contributed by atoms with Crippen molar-refractivity contribution in [1.29, 1.82) is 0 Å². The Labute approximate surface area is 211 Å². The average Bonchev–Trinajstić information content (AvgIpc) is 3.10. The van der Waals surface area contributed by atoms with Crippen molar-refractivity contribution >= 4 is 11.6 Å². The van der Waals surface area contributed by atoms with Crippen molar-refractivity contribution in [2.45, 2.75) is 95.2 Å². The summed E-state index contributed by atoms with van der Waals surface area (Å²) in [5, 5.41) is 11.0. The molecule has 1 aromatic rings. The number of allylic oxidation sites excluding steroid dienone is 1. The quantitative estimate of drug-likeness (QED) is 0.615. The van der Waals surface area contributed by atoms with Crippen LogP contribution in [0.3, 0.4) is 0 Å². The molecule has 1 aromatic carbocycles. The number of carbonyl (C=O) groups is 2. The maximum atomic E-state index is 14.4. The summed E-state index contributed by atoms with van der Waals surface area (Å²) >= 11 is 0. The van der Waals surface area contributed by atoms with Gasteiger partial charge in [-0.2, -0.15) is 0 Å². The van der Waals surface area contributed by atoms with E-state index in [9.17, 15) is 14.7 Å². The van der Waals surface area contributed by atoms with Gasteiger partial charge in [0.1, 0.15) is 34.5 Å². The summed E-state index contributed by atoms with van der Waals surface area (Å²) in [4.78, 5) is 28.7. The van der Waals surface area contributed by atoms with E-state index in [0.29, 0.717) is 23.5 Å². The molecule has 4 bridgehead atoms. The SMILES string of the molecule is CO[C@@]12C=C3C(=O)c4c(O)cc5c(c4O[C@@]34[C@@H](C1)C(C)(C)O[C@@]4(CC=C(C)C)C2=O)C(C)(C)[C@H](C)O5. The van der Waals surface area contributed by atoms with Crippen LogP contribution in [-0.2, 0) is 19.7 Å². The highest BCUT2D eigenvalue weighted by Gasteiger charge is 2.84. The third-order valence-corrected chi connectivity index (χ3v) is 9.49. The van der Waals surface area contributed by atoms with Gasteiger partial charge in [-0.1, -0.05) is 25.5 Å². The number of hydrogen-bond donors (Lipinski definition) is 1. The minimum absolute atomic E-state index is 0.109. The molecule has 6 aliphatic rings. The first kappa shape index (κ1) is 23.7. The highest BCUT2D eigenvalue weighted by Crippen LogP contribution is 2.70. The molecule has 7 heteroatoms. The number of carbonyl (C=O) groups excluding carboxylic acids is 2. The minimum Gasteiger partial charge on any atom is -0.507 e. The predicted molar refractivity (Wildman–Crippen MR) is 132 cm³/mol. The topological polar surface area (TPSA) is 91.3 Å². The molecule has 3 heterocycles. The Balaban J connectivity index is 1.71. The van der Waals surface area contributed by atoms with Crippen molar-refractivity contribution in [2.24, 2.45) is 5.92 Å². The molecule has 1 saturated heterocycles. The van der Waals surface area contributed by atoms with Crippen LogP contribution in [0.15, 0.2) is 29.4 Å². The van der Waals surface area contributed by atoms with Crippen LogP contribution in [0.5, 0.6) is 17.2 Å². The maximum absolute atomic E-state index is 14.4. The number of rotatable bonds is 3. The Morgan fingerprint density at radius 2 is 1.92 bits per heavy atom. The molecule has 7 nitrogen and oxygen atoms in total. The van der Waals surface area contributed by atoms with Gasteiger partial charge in [-0.15, -0.1) is 0 Å². The van der Waals surface area contributed by atoms with Crippen molar-refractivity contribution < 1.29 is 33.6 Å². The molecule has 2 fully saturated rings. The Hall–Kier alpha value is -2.64. The monoisotopic (exact) mass is 494 g/mol.